The first-order valence-electron chi connectivity index (χ1n) is 11.5. The smallest absolute Gasteiger partial charge is 0.223 e. The number of hydrogen-bond acceptors (Lipinski definition) is 5. The number of amides is 1. The van der Waals surface area contributed by atoms with E-state index in [0.29, 0.717) is 43.5 Å². The normalized spacial score (nSPS) is 14.4. The van der Waals surface area contributed by atoms with Gasteiger partial charge in [-0.15, -0.1) is 0 Å². The molecule has 1 amide bonds. The minimum Gasteiger partial charge on any atom is -0.493 e. The lowest BCUT2D eigenvalue weighted by Gasteiger charge is -2.30. The maximum atomic E-state index is 12.9. The van der Waals surface area contributed by atoms with Gasteiger partial charge in [0.15, 0.2) is 11.5 Å². The Labute approximate surface area is 192 Å². The molecule has 1 aliphatic rings. The number of rotatable bonds is 11. The summed E-state index contributed by atoms with van der Waals surface area (Å²) in [6, 6.07) is 16.0. The average Bonchev–Trinajstić information content (AvgIpc) is 2.81. The van der Waals surface area contributed by atoms with Crippen LogP contribution in [-0.4, -0.2) is 62.2 Å². The molecule has 6 heteroatoms. The van der Waals surface area contributed by atoms with E-state index in [-0.39, 0.29) is 5.91 Å². The van der Waals surface area contributed by atoms with Gasteiger partial charge in [-0.2, -0.15) is 0 Å². The monoisotopic (exact) mass is 440 g/mol. The first-order valence-corrected chi connectivity index (χ1v) is 11.5. The van der Waals surface area contributed by atoms with Gasteiger partial charge in [-0.3, -0.25) is 9.69 Å². The van der Waals surface area contributed by atoms with Crippen molar-refractivity contribution in [2.24, 2.45) is 5.92 Å². The minimum atomic E-state index is 0.191. The summed E-state index contributed by atoms with van der Waals surface area (Å²) in [4.78, 5) is 17.3. The van der Waals surface area contributed by atoms with E-state index in [0.717, 1.165) is 44.0 Å². The van der Waals surface area contributed by atoms with Crippen LogP contribution >= 0.6 is 0 Å². The first kappa shape index (κ1) is 24.1. The summed E-state index contributed by atoms with van der Waals surface area (Å²) in [5.74, 6) is 1.91. The fourth-order valence-electron chi connectivity index (χ4n) is 3.74. The number of ether oxygens (including phenoxy) is 3. The molecule has 0 saturated carbocycles. The molecule has 2 aromatic rings. The number of methoxy groups -OCH3 is 1. The van der Waals surface area contributed by atoms with Crippen molar-refractivity contribution in [3.8, 4) is 11.5 Å². The van der Waals surface area contributed by atoms with Gasteiger partial charge >= 0.3 is 0 Å². The van der Waals surface area contributed by atoms with Crippen molar-refractivity contribution < 1.29 is 19.0 Å². The Kier molecular flexibility index (Phi) is 9.38. The van der Waals surface area contributed by atoms with Crippen LogP contribution in [0.3, 0.4) is 0 Å². The summed E-state index contributed by atoms with van der Waals surface area (Å²) in [5, 5.41) is 0. The van der Waals surface area contributed by atoms with Crippen molar-refractivity contribution in [2.75, 3.05) is 46.5 Å². The molecule has 1 aliphatic heterocycles. The number of benzene rings is 2. The molecule has 1 heterocycles. The summed E-state index contributed by atoms with van der Waals surface area (Å²) in [5.41, 5.74) is 2.14. The van der Waals surface area contributed by atoms with Gasteiger partial charge in [0, 0.05) is 39.1 Å². The number of morpholine rings is 1. The largest absolute Gasteiger partial charge is 0.493 e. The van der Waals surface area contributed by atoms with Gasteiger partial charge in [-0.05, 0) is 29.2 Å². The second-order valence-electron chi connectivity index (χ2n) is 8.63. The fraction of sp³-hybridized carbons (Fsp3) is 0.500. The molecule has 174 valence electrons. The lowest BCUT2D eigenvalue weighted by Crippen LogP contribution is -2.43. The van der Waals surface area contributed by atoms with Crippen molar-refractivity contribution >= 4 is 5.91 Å². The van der Waals surface area contributed by atoms with Crippen LogP contribution in [0.5, 0.6) is 11.5 Å². The molecule has 0 atom stereocenters. The van der Waals surface area contributed by atoms with E-state index in [2.05, 4.69) is 18.7 Å². The third kappa shape index (κ3) is 7.53. The van der Waals surface area contributed by atoms with Gasteiger partial charge < -0.3 is 19.1 Å². The molecule has 0 N–H and O–H groups in total. The average molecular weight is 441 g/mol. The highest BCUT2D eigenvalue weighted by Gasteiger charge is 2.19. The highest BCUT2D eigenvalue weighted by molar-refractivity contribution is 5.76. The van der Waals surface area contributed by atoms with E-state index < -0.39 is 0 Å². The third-order valence-electron chi connectivity index (χ3n) is 5.56. The Bertz CT molecular complexity index is 835. The zero-order chi connectivity index (χ0) is 22.8. The maximum absolute atomic E-state index is 12.9. The van der Waals surface area contributed by atoms with E-state index in [1.807, 2.05) is 53.4 Å². The standard InChI is InChI=1S/C26H36N2O4/c1-21(2)17-26(29)28(12-11-27-13-15-31-16-14-27)19-23-9-10-24(25(18-23)30-3)32-20-22-7-5-4-6-8-22/h4-10,18,21H,11-17,19-20H2,1-3H3. The van der Waals surface area contributed by atoms with Crippen molar-refractivity contribution in [1.82, 2.24) is 9.80 Å². The molecule has 3 rings (SSSR count). The lowest BCUT2D eigenvalue weighted by molar-refractivity contribution is -0.133. The molecule has 0 aliphatic carbocycles. The number of hydrogen-bond donors (Lipinski definition) is 0. The van der Waals surface area contributed by atoms with Crippen molar-refractivity contribution in [3.63, 3.8) is 0 Å². The van der Waals surface area contributed by atoms with Gasteiger partial charge in [0.1, 0.15) is 6.61 Å². The van der Waals surface area contributed by atoms with Crippen LogP contribution in [0.15, 0.2) is 48.5 Å². The van der Waals surface area contributed by atoms with Gasteiger partial charge in [-0.25, -0.2) is 0 Å². The van der Waals surface area contributed by atoms with Crippen LogP contribution in [0.4, 0.5) is 0 Å². The molecule has 2 aromatic carbocycles. The molecular weight excluding hydrogens is 404 g/mol. The highest BCUT2D eigenvalue weighted by Crippen LogP contribution is 2.29. The first-order chi connectivity index (χ1) is 15.5. The van der Waals surface area contributed by atoms with Crippen LogP contribution in [0, 0.1) is 5.92 Å². The number of carbonyl (C=O) groups excluding carboxylic acids is 1. The summed E-state index contributed by atoms with van der Waals surface area (Å²) >= 11 is 0. The third-order valence-corrected chi connectivity index (χ3v) is 5.56. The molecule has 1 fully saturated rings. The van der Waals surface area contributed by atoms with Crippen LogP contribution in [0.25, 0.3) is 0 Å². The Morgan fingerprint density at radius 2 is 1.81 bits per heavy atom. The van der Waals surface area contributed by atoms with Gasteiger partial charge in [0.2, 0.25) is 5.91 Å². The van der Waals surface area contributed by atoms with Crippen LogP contribution in [0.1, 0.15) is 31.4 Å². The quantitative estimate of drug-likeness (QED) is 0.529. The molecule has 0 bridgehead atoms. The van der Waals surface area contributed by atoms with Crippen LogP contribution in [0.2, 0.25) is 0 Å². The summed E-state index contributed by atoms with van der Waals surface area (Å²) < 4.78 is 17.0. The summed E-state index contributed by atoms with van der Waals surface area (Å²) in [6.45, 7) is 10.2. The van der Waals surface area contributed by atoms with Crippen LogP contribution < -0.4 is 9.47 Å². The molecular formula is C26H36N2O4. The molecule has 6 nitrogen and oxygen atoms in total. The van der Waals surface area contributed by atoms with E-state index in [1.165, 1.54) is 0 Å². The minimum absolute atomic E-state index is 0.191. The zero-order valence-corrected chi connectivity index (χ0v) is 19.6. The lowest BCUT2D eigenvalue weighted by atomic mass is 10.1. The Morgan fingerprint density at radius 3 is 2.50 bits per heavy atom. The molecule has 0 aromatic heterocycles. The Morgan fingerprint density at radius 1 is 1.06 bits per heavy atom. The molecule has 0 radical (unpaired) electrons. The highest BCUT2D eigenvalue weighted by atomic mass is 16.5. The Balaban J connectivity index is 1.65. The second-order valence-corrected chi connectivity index (χ2v) is 8.63. The van der Waals surface area contributed by atoms with Gasteiger partial charge in [0.25, 0.3) is 0 Å². The SMILES string of the molecule is COc1cc(CN(CCN2CCOCC2)C(=O)CC(C)C)ccc1OCc1ccccc1. The van der Waals surface area contributed by atoms with Gasteiger partial charge in [-0.1, -0.05) is 50.2 Å². The van der Waals surface area contributed by atoms with E-state index in [4.69, 9.17) is 14.2 Å². The fourth-order valence-corrected chi connectivity index (χ4v) is 3.74. The zero-order valence-electron chi connectivity index (χ0n) is 19.6. The van der Waals surface area contributed by atoms with Crippen molar-refractivity contribution in [2.45, 2.75) is 33.4 Å². The molecule has 1 saturated heterocycles. The van der Waals surface area contributed by atoms with E-state index in [1.54, 1.807) is 7.11 Å². The van der Waals surface area contributed by atoms with Crippen molar-refractivity contribution in [3.05, 3.63) is 59.7 Å². The predicted molar refractivity (Wildman–Crippen MR) is 126 cm³/mol. The topological polar surface area (TPSA) is 51.2 Å². The van der Waals surface area contributed by atoms with Crippen LogP contribution in [-0.2, 0) is 22.7 Å². The maximum Gasteiger partial charge on any atom is 0.223 e. The molecule has 0 unspecified atom stereocenters. The van der Waals surface area contributed by atoms with Gasteiger partial charge in [0.05, 0.1) is 20.3 Å². The molecule has 0 spiro atoms. The van der Waals surface area contributed by atoms with Crippen molar-refractivity contribution in [1.29, 1.82) is 0 Å². The summed E-state index contributed by atoms with van der Waals surface area (Å²) in [6.07, 6.45) is 0.554. The Hall–Kier alpha value is -2.57. The molecule has 32 heavy (non-hydrogen) atoms. The predicted octanol–water partition coefficient (Wildman–Crippen LogP) is 3.98. The number of carbonyl (C=O) groups is 1. The summed E-state index contributed by atoms with van der Waals surface area (Å²) in [7, 11) is 1.65. The second kappa shape index (κ2) is 12.5. The number of nitrogens with zero attached hydrogens (tertiary/aromatic N) is 2. The van der Waals surface area contributed by atoms with E-state index >= 15 is 0 Å². The van der Waals surface area contributed by atoms with E-state index in [9.17, 15) is 4.79 Å².